The van der Waals surface area contributed by atoms with Crippen LogP contribution in [0, 0.1) is 12.3 Å². The maximum absolute atomic E-state index is 9.94. The predicted molar refractivity (Wildman–Crippen MR) is 67.1 cm³/mol. The molecule has 1 aromatic carbocycles. The van der Waals surface area contributed by atoms with Gasteiger partial charge >= 0.3 is 0 Å². The predicted octanol–water partition coefficient (Wildman–Crippen LogP) is -0.817. The smallest absolute Gasteiger partial charge is 0.113 e. The molecule has 1 fully saturated rings. The minimum absolute atomic E-state index is 0.441. The highest BCUT2D eigenvalue weighted by Gasteiger charge is 2.43. The summed E-state index contributed by atoms with van der Waals surface area (Å²) in [6.07, 6.45) is -0.458. The molecule has 1 aromatic rings. The quantitative estimate of drug-likeness (QED) is 0.524. The summed E-state index contributed by atoms with van der Waals surface area (Å²) in [6, 6.07) is 6.75. The van der Waals surface area contributed by atoms with E-state index in [1.165, 1.54) is 0 Å². The second kappa shape index (κ2) is 5.70. The zero-order chi connectivity index (χ0) is 14.0. The summed E-state index contributed by atoms with van der Waals surface area (Å²) in [5.41, 5.74) is 1.31. The number of benzene rings is 1. The van der Waals surface area contributed by atoms with Crippen LogP contribution in [0.3, 0.4) is 0 Å². The van der Waals surface area contributed by atoms with Gasteiger partial charge in [0.05, 0.1) is 6.61 Å². The molecule has 19 heavy (non-hydrogen) atoms. The third kappa shape index (κ3) is 2.63. The maximum atomic E-state index is 9.94. The van der Waals surface area contributed by atoms with Crippen molar-refractivity contribution in [2.24, 2.45) is 0 Å². The fraction of sp³-hybridized carbons (Fsp3) is 0.429. The van der Waals surface area contributed by atoms with Crippen LogP contribution in [0.2, 0.25) is 0 Å². The van der Waals surface area contributed by atoms with Gasteiger partial charge in [-0.05, 0) is 17.7 Å². The highest BCUT2D eigenvalue weighted by Crippen LogP contribution is 2.32. The lowest BCUT2D eigenvalue weighted by Crippen LogP contribution is -2.55. The average molecular weight is 264 g/mol. The number of aliphatic hydroxyl groups excluding tert-OH is 4. The SMILES string of the molecule is C#Cc1ccc([C@H]2O[C@H](CO)[C@@H](O)[C@H](O)[C@@H]2O)cc1. The second-order valence-electron chi connectivity index (χ2n) is 4.52. The number of terminal acetylenes is 1. The van der Waals surface area contributed by atoms with Gasteiger partial charge in [0.15, 0.2) is 0 Å². The molecule has 4 N–H and O–H groups in total. The van der Waals surface area contributed by atoms with Crippen LogP contribution in [0.5, 0.6) is 0 Å². The normalized spacial score (nSPS) is 34.8. The molecule has 2 rings (SSSR count). The first kappa shape index (κ1) is 14.0. The molecule has 0 radical (unpaired) electrons. The summed E-state index contributed by atoms with van der Waals surface area (Å²) < 4.78 is 5.43. The van der Waals surface area contributed by atoms with Gasteiger partial charge in [-0.3, -0.25) is 0 Å². The molecule has 0 spiro atoms. The van der Waals surface area contributed by atoms with Gasteiger partial charge in [0.25, 0.3) is 0 Å². The van der Waals surface area contributed by atoms with Crippen LogP contribution < -0.4 is 0 Å². The molecule has 1 saturated heterocycles. The van der Waals surface area contributed by atoms with Gasteiger partial charge in [-0.1, -0.05) is 18.1 Å². The van der Waals surface area contributed by atoms with Crippen LogP contribution in [-0.2, 0) is 4.74 Å². The lowest BCUT2D eigenvalue weighted by molar-refractivity contribution is -0.231. The molecular formula is C14H16O5. The van der Waals surface area contributed by atoms with Crippen molar-refractivity contribution in [3.05, 3.63) is 35.4 Å². The van der Waals surface area contributed by atoms with E-state index in [2.05, 4.69) is 5.92 Å². The van der Waals surface area contributed by atoms with Crippen LogP contribution in [-0.4, -0.2) is 51.4 Å². The summed E-state index contributed by atoms with van der Waals surface area (Å²) in [5, 5.41) is 38.4. The zero-order valence-corrected chi connectivity index (χ0v) is 10.2. The van der Waals surface area contributed by atoms with Crippen molar-refractivity contribution in [3.63, 3.8) is 0 Å². The number of aliphatic hydroxyl groups is 4. The van der Waals surface area contributed by atoms with Crippen molar-refractivity contribution in [2.75, 3.05) is 6.61 Å². The van der Waals surface area contributed by atoms with Crippen LogP contribution >= 0.6 is 0 Å². The molecule has 1 aliphatic rings. The summed E-state index contributed by atoms with van der Waals surface area (Å²) in [4.78, 5) is 0. The molecule has 0 bridgehead atoms. The van der Waals surface area contributed by atoms with Gasteiger partial charge < -0.3 is 25.2 Å². The minimum Gasteiger partial charge on any atom is -0.394 e. The molecule has 5 atom stereocenters. The van der Waals surface area contributed by atoms with Gasteiger partial charge in [-0.15, -0.1) is 6.42 Å². The highest BCUT2D eigenvalue weighted by molar-refractivity contribution is 5.35. The summed E-state index contributed by atoms with van der Waals surface area (Å²) in [6.45, 7) is -0.441. The second-order valence-corrected chi connectivity index (χ2v) is 4.52. The third-order valence-electron chi connectivity index (χ3n) is 3.30. The molecule has 5 heteroatoms. The summed E-state index contributed by atoms with van der Waals surface area (Å²) >= 11 is 0. The van der Waals surface area contributed by atoms with E-state index < -0.39 is 37.1 Å². The molecular weight excluding hydrogens is 248 g/mol. The lowest BCUT2D eigenvalue weighted by Gasteiger charge is -2.40. The Balaban J connectivity index is 2.24. The molecule has 0 amide bonds. The van der Waals surface area contributed by atoms with Crippen molar-refractivity contribution >= 4 is 0 Å². The largest absolute Gasteiger partial charge is 0.394 e. The Morgan fingerprint density at radius 3 is 2.21 bits per heavy atom. The molecule has 1 aliphatic heterocycles. The number of rotatable bonds is 2. The number of ether oxygens (including phenoxy) is 1. The molecule has 0 aliphatic carbocycles. The fourth-order valence-electron chi connectivity index (χ4n) is 2.15. The summed E-state index contributed by atoms with van der Waals surface area (Å²) in [5.74, 6) is 2.47. The maximum Gasteiger partial charge on any atom is 0.113 e. The van der Waals surface area contributed by atoms with Crippen LogP contribution in [0.15, 0.2) is 24.3 Å². The van der Waals surface area contributed by atoms with E-state index >= 15 is 0 Å². The van der Waals surface area contributed by atoms with Crippen molar-refractivity contribution in [3.8, 4) is 12.3 Å². The van der Waals surface area contributed by atoms with Crippen LogP contribution in [0.1, 0.15) is 17.2 Å². The molecule has 0 saturated carbocycles. The Bertz CT molecular complexity index is 462. The van der Waals surface area contributed by atoms with Crippen LogP contribution in [0.4, 0.5) is 0 Å². The van der Waals surface area contributed by atoms with Crippen molar-refractivity contribution < 1.29 is 25.2 Å². The summed E-state index contributed by atoms with van der Waals surface area (Å²) in [7, 11) is 0. The first-order chi connectivity index (χ1) is 9.08. The van der Waals surface area contributed by atoms with Crippen molar-refractivity contribution in [1.82, 2.24) is 0 Å². The van der Waals surface area contributed by atoms with E-state index in [0.29, 0.717) is 11.1 Å². The Morgan fingerprint density at radius 1 is 1.05 bits per heavy atom. The van der Waals surface area contributed by atoms with Crippen LogP contribution in [0.25, 0.3) is 0 Å². The third-order valence-corrected chi connectivity index (χ3v) is 3.30. The van der Waals surface area contributed by atoms with E-state index in [1.807, 2.05) is 0 Å². The van der Waals surface area contributed by atoms with Gasteiger partial charge in [0, 0.05) is 5.56 Å². The van der Waals surface area contributed by atoms with Crippen molar-refractivity contribution in [2.45, 2.75) is 30.5 Å². The Kier molecular flexibility index (Phi) is 4.20. The molecule has 0 unspecified atom stereocenters. The lowest BCUT2D eigenvalue weighted by atomic mass is 9.91. The molecule has 0 aromatic heterocycles. The van der Waals surface area contributed by atoms with Gasteiger partial charge in [-0.25, -0.2) is 0 Å². The number of hydrogen-bond acceptors (Lipinski definition) is 5. The van der Waals surface area contributed by atoms with Crippen molar-refractivity contribution in [1.29, 1.82) is 0 Å². The highest BCUT2D eigenvalue weighted by atomic mass is 16.5. The fourth-order valence-corrected chi connectivity index (χ4v) is 2.15. The van der Waals surface area contributed by atoms with E-state index in [-0.39, 0.29) is 0 Å². The monoisotopic (exact) mass is 264 g/mol. The van der Waals surface area contributed by atoms with E-state index in [9.17, 15) is 15.3 Å². The molecule has 5 nitrogen and oxygen atoms in total. The van der Waals surface area contributed by atoms with Gasteiger partial charge in [-0.2, -0.15) is 0 Å². The first-order valence-corrected chi connectivity index (χ1v) is 5.95. The van der Waals surface area contributed by atoms with Gasteiger partial charge in [0.1, 0.15) is 30.5 Å². The Labute approximate surface area is 111 Å². The Hall–Kier alpha value is -1.42. The zero-order valence-electron chi connectivity index (χ0n) is 10.2. The van der Waals surface area contributed by atoms with E-state index in [0.717, 1.165) is 0 Å². The van der Waals surface area contributed by atoms with E-state index in [1.54, 1.807) is 24.3 Å². The standard InChI is InChI=1S/C14H16O5/c1-2-8-3-5-9(6-4-8)14-13(18)12(17)11(16)10(7-15)19-14/h1,3-6,10-18H,7H2/t10-,11-,12+,13+,14-/m1/s1. The number of hydrogen-bond donors (Lipinski definition) is 4. The Morgan fingerprint density at radius 2 is 1.68 bits per heavy atom. The van der Waals surface area contributed by atoms with Gasteiger partial charge in [0.2, 0.25) is 0 Å². The molecule has 102 valence electrons. The minimum atomic E-state index is -1.37. The first-order valence-electron chi connectivity index (χ1n) is 5.95. The average Bonchev–Trinajstić information content (AvgIpc) is 2.45. The van der Waals surface area contributed by atoms with E-state index in [4.69, 9.17) is 16.3 Å². The topological polar surface area (TPSA) is 90.2 Å². The molecule has 1 heterocycles.